The van der Waals surface area contributed by atoms with Crippen molar-refractivity contribution in [1.29, 1.82) is 21.2 Å². The van der Waals surface area contributed by atoms with E-state index in [1.165, 1.54) is 47.0 Å². The molecule has 56 heavy (non-hydrogen) atoms. The molecule has 6 nitrogen and oxygen atoms in total. The molecule has 0 aliphatic rings. The number of nitriles is 3. The van der Waals surface area contributed by atoms with E-state index in [2.05, 4.69) is 22.1 Å². The average Bonchev–Trinajstić information content (AvgIpc) is 4.02. The van der Waals surface area contributed by atoms with Gasteiger partial charge in [0.2, 0.25) is 11.9 Å². The van der Waals surface area contributed by atoms with Crippen molar-refractivity contribution < 1.29 is 26.3 Å². The third kappa shape index (κ3) is 6.13. The summed E-state index contributed by atoms with van der Waals surface area (Å²) in [7, 11) is 0. The number of nitrogens with zero attached hydrogens (tertiary/aromatic N) is 5. The molecule has 0 amide bonds. The number of nitrogens with one attached hydrogen (secondary N) is 1. The summed E-state index contributed by atoms with van der Waals surface area (Å²) in [6, 6.07) is 23.6. The summed E-state index contributed by atoms with van der Waals surface area (Å²) in [5.74, 6) is -9.46. The quantitative estimate of drug-likeness (QED) is 0.0743. The van der Waals surface area contributed by atoms with Crippen LogP contribution in [0.5, 0.6) is 0 Å². The lowest BCUT2D eigenvalue weighted by Crippen LogP contribution is -2.06. The average molecular weight is 821 g/mol. The minimum absolute atomic E-state index is 0.175. The molecule has 0 saturated heterocycles. The lowest BCUT2D eigenvalue weighted by molar-refractivity contribution is 0.471. The topological polar surface area (TPSA) is 121 Å². The molecule has 1 N–H and O–H groups in total. The molecule has 16 heteroatoms. The molecule has 6 aromatic heterocycles. The predicted octanol–water partition coefficient (Wildman–Crippen LogP) is 12.3. The van der Waals surface area contributed by atoms with Crippen LogP contribution in [-0.2, 0) is 0 Å². The summed E-state index contributed by atoms with van der Waals surface area (Å²) in [4.78, 5) is 11.4. The molecule has 0 bridgehead atoms. The zero-order chi connectivity index (χ0) is 39.4. The Hall–Kier alpha value is -6.48. The molecule has 0 fully saturated rings. The van der Waals surface area contributed by atoms with Crippen LogP contribution >= 0.6 is 45.3 Å². The highest BCUT2D eigenvalue weighted by Crippen LogP contribution is 2.45. The maximum atomic E-state index is 14.7. The van der Waals surface area contributed by atoms with Gasteiger partial charge in [0.1, 0.15) is 40.7 Å². The van der Waals surface area contributed by atoms with Crippen molar-refractivity contribution in [3.05, 3.63) is 128 Å². The number of rotatable bonds is 7. The van der Waals surface area contributed by atoms with Gasteiger partial charge in [0, 0.05) is 61.2 Å². The van der Waals surface area contributed by atoms with Crippen LogP contribution in [0.25, 0.3) is 73.8 Å². The van der Waals surface area contributed by atoms with Crippen LogP contribution in [0.4, 0.5) is 26.3 Å². The smallest absolute Gasteiger partial charge is 0.234 e. The zero-order valence-corrected chi connectivity index (χ0v) is 30.9. The summed E-state index contributed by atoms with van der Waals surface area (Å²) in [6.45, 7) is 0. The number of allylic oxidation sites excluding steroid dienone is 2. The maximum Gasteiger partial charge on any atom is 0.234 e. The Labute approximate surface area is 327 Å². The summed E-state index contributed by atoms with van der Waals surface area (Å²) in [5, 5.41) is 39.3. The van der Waals surface area contributed by atoms with Crippen LogP contribution in [0.1, 0.15) is 32.3 Å². The maximum absolute atomic E-state index is 14.7. The first-order chi connectivity index (χ1) is 27.0. The van der Waals surface area contributed by atoms with Gasteiger partial charge in [0.25, 0.3) is 0 Å². The fraction of sp³-hybridized carbons (Fsp3) is 0. The minimum atomic E-state index is -1.71. The van der Waals surface area contributed by atoms with Gasteiger partial charge in [-0.05, 0) is 71.5 Å². The van der Waals surface area contributed by atoms with Crippen LogP contribution in [-0.4, -0.2) is 16.2 Å². The van der Waals surface area contributed by atoms with E-state index >= 15 is 0 Å². The molecule has 0 atom stereocenters. The highest BCUT2D eigenvalue weighted by molar-refractivity contribution is 7.27. The van der Waals surface area contributed by atoms with Crippen LogP contribution in [0.15, 0.2) is 60.7 Å². The van der Waals surface area contributed by atoms with E-state index in [1.54, 1.807) is 40.9 Å². The standard InChI is InChI=1S/C40H14F6N6S4/c41-33-25(15-49)39(45)51-37(35(33)43)17(13-47)9-19-1-5-29(53-19)31-11-23-21-4-8-28-24(22(21)3-7-27(23)55-31)12-32(56-28)30-6-2-20(54-30)10-18(14-48)38-36(44)34(42)26(16-50)40(46)52-38/h1-13,47H/b17-9+,18-10+,47-13?. The predicted molar refractivity (Wildman–Crippen MR) is 209 cm³/mol. The van der Waals surface area contributed by atoms with Crippen molar-refractivity contribution in [3.63, 3.8) is 0 Å². The molecule has 0 unspecified atom stereocenters. The normalized spacial score (nSPS) is 12.0. The SMILES string of the molecule is N#C/C(=C\c1ccc(-c2cc3c(ccc4c5cc(-c6ccc(/C=C(\C=N)c7nc(F)c(C#N)c(F)c7F)s6)sc5ccc34)s2)s1)c1nc(F)c(C#N)c(F)c1F. The Bertz CT molecular complexity index is 3190. The lowest BCUT2D eigenvalue weighted by atomic mass is 10.0. The molecule has 0 saturated carbocycles. The molecule has 8 rings (SSSR count). The zero-order valence-electron chi connectivity index (χ0n) is 27.6. The lowest BCUT2D eigenvalue weighted by Gasteiger charge is -2.05. The third-order valence-electron chi connectivity index (χ3n) is 8.62. The molecule has 0 aliphatic heterocycles. The van der Waals surface area contributed by atoms with E-state index in [0.717, 1.165) is 56.7 Å². The largest absolute Gasteiger partial charge is 0.308 e. The molecular weight excluding hydrogens is 807 g/mol. The van der Waals surface area contributed by atoms with E-state index in [9.17, 15) is 31.6 Å². The third-order valence-corrected chi connectivity index (χ3v) is 13.3. The second kappa shape index (κ2) is 14.3. The second-order valence-corrected chi connectivity index (χ2v) is 16.2. The second-order valence-electron chi connectivity index (χ2n) is 11.8. The van der Waals surface area contributed by atoms with Gasteiger partial charge in [-0.2, -0.15) is 24.6 Å². The number of pyridine rings is 2. The highest BCUT2D eigenvalue weighted by atomic mass is 32.1. The Morgan fingerprint density at radius 2 is 1.04 bits per heavy atom. The van der Waals surface area contributed by atoms with E-state index in [4.69, 9.17) is 15.9 Å². The van der Waals surface area contributed by atoms with Crippen molar-refractivity contribution in [2.45, 2.75) is 0 Å². The van der Waals surface area contributed by atoms with Crippen molar-refractivity contribution in [1.82, 2.24) is 9.97 Å². The van der Waals surface area contributed by atoms with Gasteiger partial charge in [-0.1, -0.05) is 12.1 Å². The molecule has 0 radical (unpaired) electrons. The van der Waals surface area contributed by atoms with Crippen molar-refractivity contribution in [2.75, 3.05) is 0 Å². The van der Waals surface area contributed by atoms with Crippen LogP contribution in [0.3, 0.4) is 0 Å². The van der Waals surface area contributed by atoms with E-state index in [-0.39, 0.29) is 5.57 Å². The Balaban J connectivity index is 1.11. The number of hydrogen-bond acceptors (Lipinski definition) is 10. The van der Waals surface area contributed by atoms with E-state index in [1.807, 2.05) is 36.4 Å². The van der Waals surface area contributed by atoms with E-state index < -0.39 is 63.3 Å². The number of fused-ring (bicyclic) bond motifs is 5. The van der Waals surface area contributed by atoms with Gasteiger partial charge < -0.3 is 5.41 Å². The number of thiophene rings is 4. The summed E-state index contributed by atoms with van der Waals surface area (Å²) < 4.78 is 88.3. The van der Waals surface area contributed by atoms with Gasteiger partial charge in [0.05, 0.1) is 5.57 Å². The minimum Gasteiger partial charge on any atom is -0.308 e. The molecule has 8 aromatic rings. The fourth-order valence-electron chi connectivity index (χ4n) is 6.02. The highest BCUT2D eigenvalue weighted by Gasteiger charge is 2.24. The number of hydrogen-bond donors (Lipinski definition) is 1. The number of halogens is 6. The van der Waals surface area contributed by atoms with Crippen LogP contribution in [0.2, 0.25) is 0 Å². The molecule has 0 spiro atoms. The van der Waals surface area contributed by atoms with E-state index in [0.29, 0.717) is 9.75 Å². The first kappa shape index (κ1) is 36.5. The first-order valence-electron chi connectivity index (χ1n) is 15.9. The fourth-order valence-corrected chi connectivity index (χ4v) is 10.2. The number of aromatic nitrogens is 2. The Morgan fingerprint density at radius 1 is 0.554 bits per heavy atom. The summed E-state index contributed by atoms with van der Waals surface area (Å²) in [6.07, 6.45) is 3.42. The monoisotopic (exact) mass is 820 g/mol. The Morgan fingerprint density at radius 3 is 1.52 bits per heavy atom. The van der Waals surface area contributed by atoms with Crippen molar-refractivity contribution in [2.24, 2.45) is 0 Å². The molecule has 0 aliphatic carbocycles. The number of benzene rings is 2. The van der Waals surface area contributed by atoms with Crippen LogP contribution < -0.4 is 0 Å². The molecular formula is C40H14F6N6S4. The van der Waals surface area contributed by atoms with Gasteiger partial charge in [-0.25, -0.2) is 27.5 Å². The molecule has 6 heterocycles. The van der Waals surface area contributed by atoms with Crippen LogP contribution in [0, 0.1) is 74.6 Å². The van der Waals surface area contributed by atoms with Crippen molar-refractivity contribution >= 4 is 106 Å². The van der Waals surface area contributed by atoms with Gasteiger partial charge in [-0.15, -0.1) is 45.3 Å². The molecule has 2 aromatic carbocycles. The van der Waals surface area contributed by atoms with Gasteiger partial charge >= 0.3 is 0 Å². The van der Waals surface area contributed by atoms with Crippen molar-refractivity contribution in [3.8, 4) is 37.7 Å². The Kier molecular flexibility index (Phi) is 9.32. The summed E-state index contributed by atoms with van der Waals surface area (Å²) >= 11 is 5.74. The molecule has 270 valence electrons. The first-order valence-corrected chi connectivity index (χ1v) is 19.1. The van der Waals surface area contributed by atoms with Gasteiger partial charge in [-0.3, -0.25) is 0 Å². The summed E-state index contributed by atoms with van der Waals surface area (Å²) in [5.41, 5.74) is -4.43. The van der Waals surface area contributed by atoms with Gasteiger partial charge in [0.15, 0.2) is 23.3 Å².